The van der Waals surface area contributed by atoms with Crippen LogP contribution in [-0.4, -0.2) is 30.7 Å². The van der Waals surface area contributed by atoms with E-state index in [1.165, 1.54) is 12.0 Å². The van der Waals surface area contributed by atoms with E-state index in [0.29, 0.717) is 19.1 Å². The minimum absolute atomic E-state index is 0.277. The summed E-state index contributed by atoms with van der Waals surface area (Å²) in [6.07, 6.45) is 7.67. The predicted molar refractivity (Wildman–Crippen MR) is 89.6 cm³/mol. The number of amides is 1. The average Bonchev–Trinajstić information content (AvgIpc) is 3.06. The highest BCUT2D eigenvalue weighted by Crippen LogP contribution is 2.33. The maximum absolute atomic E-state index is 12.0. The SMILES string of the molecule is C=CCCC(=O)N1CCC(CCc2ccc3c(c2)OCO3)CC1. The lowest BCUT2D eigenvalue weighted by atomic mass is 9.90. The first-order valence-electron chi connectivity index (χ1n) is 8.53. The lowest BCUT2D eigenvalue weighted by Crippen LogP contribution is -2.38. The summed E-state index contributed by atoms with van der Waals surface area (Å²) in [4.78, 5) is 14.0. The topological polar surface area (TPSA) is 38.8 Å². The molecule has 4 heteroatoms. The van der Waals surface area contributed by atoms with E-state index >= 15 is 0 Å². The van der Waals surface area contributed by atoms with Gasteiger partial charge in [-0.15, -0.1) is 6.58 Å². The lowest BCUT2D eigenvalue weighted by molar-refractivity contribution is -0.132. The van der Waals surface area contributed by atoms with Crippen LogP contribution < -0.4 is 9.47 Å². The number of nitrogens with zero attached hydrogens (tertiary/aromatic N) is 1. The number of rotatable bonds is 6. The average molecular weight is 315 g/mol. The molecule has 1 fully saturated rings. The molecule has 124 valence electrons. The van der Waals surface area contributed by atoms with Crippen LogP contribution in [0.4, 0.5) is 0 Å². The van der Waals surface area contributed by atoms with E-state index in [4.69, 9.17) is 9.47 Å². The molecule has 0 N–H and O–H groups in total. The van der Waals surface area contributed by atoms with Crippen LogP contribution in [0.2, 0.25) is 0 Å². The molecule has 0 radical (unpaired) electrons. The number of benzene rings is 1. The molecule has 1 aromatic carbocycles. The minimum Gasteiger partial charge on any atom is -0.454 e. The number of carbonyl (C=O) groups is 1. The number of hydrogen-bond acceptors (Lipinski definition) is 3. The summed E-state index contributed by atoms with van der Waals surface area (Å²) in [6, 6.07) is 6.22. The highest BCUT2D eigenvalue weighted by atomic mass is 16.7. The number of piperidine rings is 1. The van der Waals surface area contributed by atoms with E-state index in [1.807, 2.05) is 17.0 Å². The largest absolute Gasteiger partial charge is 0.454 e. The second-order valence-corrected chi connectivity index (χ2v) is 6.38. The summed E-state index contributed by atoms with van der Waals surface area (Å²) in [7, 11) is 0. The van der Waals surface area contributed by atoms with Gasteiger partial charge in [-0.25, -0.2) is 0 Å². The van der Waals surface area contributed by atoms with Crippen LogP contribution in [-0.2, 0) is 11.2 Å². The Kier molecular flexibility index (Phi) is 5.21. The Hall–Kier alpha value is -1.97. The Balaban J connectivity index is 1.42. The molecular weight excluding hydrogens is 290 g/mol. The second kappa shape index (κ2) is 7.53. The van der Waals surface area contributed by atoms with Crippen molar-refractivity contribution in [1.82, 2.24) is 4.90 Å². The van der Waals surface area contributed by atoms with Gasteiger partial charge in [0.2, 0.25) is 12.7 Å². The zero-order valence-corrected chi connectivity index (χ0v) is 13.6. The molecule has 2 aliphatic heterocycles. The monoisotopic (exact) mass is 315 g/mol. The van der Waals surface area contributed by atoms with Crippen molar-refractivity contribution in [2.45, 2.75) is 38.5 Å². The van der Waals surface area contributed by atoms with Gasteiger partial charge in [0.15, 0.2) is 11.5 Å². The normalized spacial score (nSPS) is 17.3. The fraction of sp³-hybridized carbons (Fsp3) is 0.526. The first kappa shape index (κ1) is 15.9. The van der Waals surface area contributed by atoms with Gasteiger partial charge in [0.25, 0.3) is 0 Å². The van der Waals surface area contributed by atoms with Gasteiger partial charge in [0.05, 0.1) is 0 Å². The highest BCUT2D eigenvalue weighted by Gasteiger charge is 2.22. The van der Waals surface area contributed by atoms with E-state index in [1.54, 1.807) is 0 Å². The summed E-state index contributed by atoms with van der Waals surface area (Å²) >= 11 is 0. The van der Waals surface area contributed by atoms with E-state index in [-0.39, 0.29) is 5.91 Å². The number of hydrogen-bond donors (Lipinski definition) is 0. The number of fused-ring (bicyclic) bond motifs is 1. The third-order valence-electron chi connectivity index (χ3n) is 4.81. The Labute approximate surface area is 138 Å². The van der Waals surface area contributed by atoms with E-state index < -0.39 is 0 Å². The van der Waals surface area contributed by atoms with Gasteiger partial charge in [0.1, 0.15) is 0 Å². The fourth-order valence-electron chi connectivity index (χ4n) is 3.32. The summed E-state index contributed by atoms with van der Waals surface area (Å²) in [6.45, 7) is 5.82. The third kappa shape index (κ3) is 4.06. The smallest absolute Gasteiger partial charge is 0.231 e. The zero-order chi connectivity index (χ0) is 16.1. The van der Waals surface area contributed by atoms with Crippen LogP contribution in [0.1, 0.15) is 37.7 Å². The molecule has 0 atom stereocenters. The van der Waals surface area contributed by atoms with E-state index in [2.05, 4.69) is 18.7 Å². The predicted octanol–water partition coefficient (Wildman–Crippen LogP) is 3.55. The van der Waals surface area contributed by atoms with Crippen LogP contribution >= 0.6 is 0 Å². The van der Waals surface area contributed by atoms with Crippen molar-refractivity contribution in [2.24, 2.45) is 5.92 Å². The van der Waals surface area contributed by atoms with Gasteiger partial charge in [-0.1, -0.05) is 12.1 Å². The molecule has 0 aromatic heterocycles. The summed E-state index contributed by atoms with van der Waals surface area (Å²) < 4.78 is 10.8. The Morgan fingerprint density at radius 3 is 2.83 bits per heavy atom. The summed E-state index contributed by atoms with van der Waals surface area (Å²) in [5.74, 6) is 2.70. The van der Waals surface area contributed by atoms with Crippen molar-refractivity contribution in [1.29, 1.82) is 0 Å². The standard InChI is InChI=1S/C19H25NO3/c1-2-3-4-19(21)20-11-9-15(10-12-20)5-6-16-7-8-17-18(13-16)23-14-22-17/h2,7-8,13,15H,1,3-6,9-12,14H2. The van der Waals surface area contributed by atoms with Gasteiger partial charge in [-0.3, -0.25) is 4.79 Å². The third-order valence-corrected chi connectivity index (χ3v) is 4.81. The van der Waals surface area contributed by atoms with Crippen molar-refractivity contribution in [3.63, 3.8) is 0 Å². The second-order valence-electron chi connectivity index (χ2n) is 6.38. The molecule has 0 spiro atoms. The molecule has 2 aliphatic rings. The summed E-state index contributed by atoms with van der Waals surface area (Å²) in [5.41, 5.74) is 1.30. The molecule has 1 aromatic rings. The van der Waals surface area contributed by atoms with E-state index in [0.717, 1.165) is 50.3 Å². The van der Waals surface area contributed by atoms with E-state index in [9.17, 15) is 4.79 Å². The molecule has 1 saturated heterocycles. The molecule has 1 amide bonds. The number of aryl methyl sites for hydroxylation is 1. The van der Waals surface area contributed by atoms with Gasteiger partial charge < -0.3 is 14.4 Å². The van der Waals surface area contributed by atoms with Crippen molar-refractivity contribution in [3.05, 3.63) is 36.4 Å². The molecule has 0 saturated carbocycles. The molecule has 0 unspecified atom stereocenters. The van der Waals surface area contributed by atoms with Crippen LogP contribution in [0.3, 0.4) is 0 Å². The quantitative estimate of drug-likeness (QED) is 0.754. The van der Waals surface area contributed by atoms with Crippen LogP contribution in [0.25, 0.3) is 0 Å². The van der Waals surface area contributed by atoms with Gasteiger partial charge >= 0.3 is 0 Å². The van der Waals surface area contributed by atoms with Crippen molar-refractivity contribution < 1.29 is 14.3 Å². The highest BCUT2D eigenvalue weighted by molar-refractivity contribution is 5.76. The molecule has 2 heterocycles. The summed E-state index contributed by atoms with van der Waals surface area (Å²) in [5, 5.41) is 0. The molecule has 4 nitrogen and oxygen atoms in total. The Bertz CT molecular complexity index is 562. The number of carbonyl (C=O) groups excluding carboxylic acids is 1. The van der Waals surface area contributed by atoms with Crippen LogP contribution in [0, 0.1) is 5.92 Å². The van der Waals surface area contributed by atoms with Crippen LogP contribution in [0.5, 0.6) is 11.5 Å². The van der Waals surface area contributed by atoms with Gasteiger partial charge in [-0.2, -0.15) is 0 Å². The van der Waals surface area contributed by atoms with Crippen LogP contribution in [0.15, 0.2) is 30.9 Å². The lowest BCUT2D eigenvalue weighted by Gasteiger charge is -2.32. The minimum atomic E-state index is 0.277. The first-order valence-corrected chi connectivity index (χ1v) is 8.53. The fourth-order valence-corrected chi connectivity index (χ4v) is 3.32. The Morgan fingerprint density at radius 2 is 2.04 bits per heavy atom. The van der Waals surface area contributed by atoms with Crippen molar-refractivity contribution in [2.75, 3.05) is 19.9 Å². The molecular formula is C19H25NO3. The zero-order valence-electron chi connectivity index (χ0n) is 13.6. The van der Waals surface area contributed by atoms with Crippen molar-refractivity contribution >= 4 is 5.91 Å². The maximum atomic E-state index is 12.0. The molecule has 23 heavy (non-hydrogen) atoms. The number of likely N-dealkylation sites (tertiary alicyclic amines) is 1. The number of ether oxygens (including phenoxy) is 2. The Morgan fingerprint density at radius 1 is 1.26 bits per heavy atom. The van der Waals surface area contributed by atoms with Gasteiger partial charge in [0, 0.05) is 19.5 Å². The molecule has 0 bridgehead atoms. The van der Waals surface area contributed by atoms with Gasteiger partial charge in [-0.05, 0) is 55.7 Å². The molecule has 3 rings (SSSR count). The first-order chi connectivity index (χ1) is 11.3. The molecule has 0 aliphatic carbocycles. The van der Waals surface area contributed by atoms with Crippen molar-refractivity contribution in [3.8, 4) is 11.5 Å². The number of allylic oxidation sites excluding steroid dienone is 1. The maximum Gasteiger partial charge on any atom is 0.231 e.